The number of likely N-dealkylation sites (tertiary alicyclic amines) is 1. The van der Waals surface area contributed by atoms with Gasteiger partial charge in [0.25, 0.3) is 5.91 Å². The molecule has 1 aliphatic heterocycles. The molecule has 1 N–H and O–H groups in total. The van der Waals surface area contributed by atoms with E-state index in [-0.39, 0.29) is 5.91 Å². The number of nitrogens with zero attached hydrogens (tertiary/aromatic N) is 2. The first kappa shape index (κ1) is 22.7. The third kappa shape index (κ3) is 4.48. The van der Waals surface area contributed by atoms with Gasteiger partial charge in [0, 0.05) is 47.7 Å². The average Bonchev–Trinajstić information content (AvgIpc) is 3.10. The molecule has 174 valence electrons. The second kappa shape index (κ2) is 9.28. The highest BCUT2D eigenvalue weighted by Gasteiger charge is 2.35. The average molecular weight is 473 g/mol. The van der Waals surface area contributed by atoms with E-state index in [1.807, 2.05) is 78.6 Å². The van der Waals surface area contributed by atoms with Crippen LogP contribution >= 0.6 is 11.6 Å². The maximum atomic E-state index is 13.8. The maximum absolute atomic E-state index is 13.8. The number of hydrogen-bond acceptors (Lipinski definition) is 2. The van der Waals surface area contributed by atoms with Crippen LogP contribution in [0.2, 0.25) is 5.02 Å². The number of hydrogen-bond donors (Lipinski definition) is 1. The SMILES string of the molecule is Cc1c(C(=O)N2CCC(O)(Cc3ccccc3)CC2)c2cc(Cl)ccc2n1Cc1ccccc1. The predicted molar refractivity (Wildman–Crippen MR) is 137 cm³/mol. The largest absolute Gasteiger partial charge is 0.389 e. The van der Waals surface area contributed by atoms with Gasteiger partial charge in [0.05, 0.1) is 11.2 Å². The van der Waals surface area contributed by atoms with Crippen molar-refractivity contribution in [3.8, 4) is 0 Å². The molecule has 0 unspecified atom stereocenters. The number of aliphatic hydroxyl groups is 1. The molecular formula is C29H29ClN2O2. The fourth-order valence-corrected chi connectivity index (χ4v) is 5.30. The van der Waals surface area contributed by atoms with Gasteiger partial charge in [0.2, 0.25) is 0 Å². The van der Waals surface area contributed by atoms with Crippen LogP contribution in [0.1, 0.15) is 40.0 Å². The molecule has 1 saturated heterocycles. The highest BCUT2D eigenvalue weighted by atomic mass is 35.5. The van der Waals surface area contributed by atoms with E-state index < -0.39 is 5.60 Å². The molecule has 2 heterocycles. The van der Waals surface area contributed by atoms with Gasteiger partial charge in [-0.05, 0) is 49.1 Å². The molecule has 5 rings (SSSR count). The number of amides is 1. The minimum absolute atomic E-state index is 0.0124. The Hall–Kier alpha value is -3.08. The van der Waals surface area contributed by atoms with Crippen molar-refractivity contribution in [3.63, 3.8) is 0 Å². The number of benzene rings is 3. The molecule has 1 aliphatic rings. The van der Waals surface area contributed by atoms with Crippen LogP contribution in [0.5, 0.6) is 0 Å². The summed E-state index contributed by atoms with van der Waals surface area (Å²) < 4.78 is 2.20. The van der Waals surface area contributed by atoms with Crippen molar-refractivity contribution in [2.45, 2.75) is 38.3 Å². The zero-order valence-corrected chi connectivity index (χ0v) is 20.1. The lowest BCUT2D eigenvalue weighted by molar-refractivity contribution is -0.0162. The van der Waals surface area contributed by atoms with Crippen molar-refractivity contribution < 1.29 is 9.90 Å². The molecular weight excluding hydrogens is 444 g/mol. The van der Waals surface area contributed by atoms with Gasteiger partial charge in [-0.15, -0.1) is 0 Å². The normalized spacial score (nSPS) is 15.6. The highest BCUT2D eigenvalue weighted by Crippen LogP contribution is 2.33. The van der Waals surface area contributed by atoms with Crippen molar-refractivity contribution in [1.82, 2.24) is 9.47 Å². The van der Waals surface area contributed by atoms with Gasteiger partial charge in [0.1, 0.15) is 0 Å². The Kier molecular flexibility index (Phi) is 6.20. The van der Waals surface area contributed by atoms with Gasteiger partial charge >= 0.3 is 0 Å². The molecule has 0 radical (unpaired) electrons. The lowest BCUT2D eigenvalue weighted by Crippen LogP contribution is -2.47. The van der Waals surface area contributed by atoms with Crippen LogP contribution in [0.3, 0.4) is 0 Å². The van der Waals surface area contributed by atoms with Gasteiger partial charge in [-0.25, -0.2) is 0 Å². The van der Waals surface area contributed by atoms with Crippen molar-refractivity contribution in [2.75, 3.05) is 13.1 Å². The number of halogens is 1. The summed E-state index contributed by atoms with van der Waals surface area (Å²) in [6, 6.07) is 26.1. The van der Waals surface area contributed by atoms with Crippen LogP contribution < -0.4 is 0 Å². The fourth-order valence-electron chi connectivity index (χ4n) is 5.13. The maximum Gasteiger partial charge on any atom is 0.256 e. The monoisotopic (exact) mass is 472 g/mol. The van der Waals surface area contributed by atoms with Gasteiger partial charge in [-0.1, -0.05) is 72.3 Å². The number of rotatable bonds is 5. The quantitative estimate of drug-likeness (QED) is 0.395. The molecule has 0 bridgehead atoms. The fraction of sp³-hybridized carbons (Fsp3) is 0.276. The standard InChI is InChI=1S/C29H29ClN2O2/c1-21-27(25-18-24(30)12-13-26(25)32(21)20-23-10-6-3-7-11-23)28(33)31-16-14-29(34,15-17-31)19-22-8-4-2-5-9-22/h2-13,18,34H,14-17,19-20H2,1H3. The van der Waals surface area contributed by atoms with E-state index in [0.29, 0.717) is 49.5 Å². The Morgan fingerprint density at radius 3 is 2.21 bits per heavy atom. The topological polar surface area (TPSA) is 45.5 Å². The Balaban J connectivity index is 1.41. The number of carbonyl (C=O) groups excluding carboxylic acids is 1. The molecule has 1 amide bonds. The molecule has 1 aromatic heterocycles. The van der Waals surface area contributed by atoms with E-state index in [9.17, 15) is 9.90 Å². The van der Waals surface area contributed by atoms with Crippen LogP contribution in [0, 0.1) is 6.92 Å². The first-order valence-corrected chi connectivity index (χ1v) is 12.2. The Morgan fingerprint density at radius 1 is 0.941 bits per heavy atom. The summed E-state index contributed by atoms with van der Waals surface area (Å²) in [5.41, 5.74) is 4.18. The van der Waals surface area contributed by atoms with E-state index in [1.54, 1.807) is 0 Å². The molecule has 3 aromatic carbocycles. The molecule has 0 atom stereocenters. The molecule has 4 aromatic rings. The van der Waals surface area contributed by atoms with Gasteiger partial charge < -0.3 is 14.6 Å². The summed E-state index contributed by atoms with van der Waals surface area (Å²) in [5.74, 6) is 0.0124. The van der Waals surface area contributed by atoms with Gasteiger partial charge in [-0.3, -0.25) is 4.79 Å². The number of piperidine rings is 1. The van der Waals surface area contributed by atoms with Crippen LogP contribution in [0.15, 0.2) is 78.9 Å². The van der Waals surface area contributed by atoms with Crippen LogP contribution in [0.4, 0.5) is 0 Å². The first-order chi connectivity index (χ1) is 16.4. The summed E-state index contributed by atoms with van der Waals surface area (Å²) in [6.45, 7) is 3.77. The van der Waals surface area contributed by atoms with E-state index in [1.165, 1.54) is 5.56 Å². The van der Waals surface area contributed by atoms with Crippen molar-refractivity contribution in [1.29, 1.82) is 0 Å². The lowest BCUT2D eigenvalue weighted by atomic mass is 9.85. The smallest absolute Gasteiger partial charge is 0.256 e. The van der Waals surface area contributed by atoms with Crippen molar-refractivity contribution >= 4 is 28.4 Å². The number of aromatic nitrogens is 1. The molecule has 0 aliphatic carbocycles. The van der Waals surface area contributed by atoms with Gasteiger partial charge in [0.15, 0.2) is 0 Å². The van der Waals surface area contributed by atoms with E-state index in [0.717, 1.165) is 22.2 Å². The summed E-state index contributed by atoms with van der Waals surface area (Å²) in [5, 5.41) is 12.7. The first-order valence-electron chi connectivity index (χ1n) is 11.8. The second-order valence-corrected chi connectivity index (χ2v) is 9.81. The van der Waals surface area contributed by atoms with Crippen molar-refractivity contribution in [2.24, 2.45) is 0 Å². The zero-order chi connectivity index (χ0) is 23.7. The second-order valence-electron chi connectivity index (χ2n) is 9.37. The Labute approximate surface area is 205 Å². The summed E-state index contributed by atoms with van der Waals surface area (Å²) in [6.07, 6.45) is 1.74. The number of carbonyl (C=O) groups is 1. The molecule has 1 fully saturated rings. The zero-order valence-electron chi connectivity index (χ0n) is 19.4. The molecule has 0 saturated carbocycles. The Morgan fingerprint density at radius 2 is 1.56 bits per heavy atom. The van der Waals surface area contributed by atoms with Crippen molar-refractivity contribution in [3.05, 3.63) is 106 Å². The lowest BCUT2D eigenvalue weighted by Gasteiger charge is -2.38. The van der Waals surface area contributed by atoms with E-state index in [2.05, 4.69) is 16.7 Å². The third-order valence-electron chi connectivity index (χ3n) is 7.04. The van der Waals surface area contributed by atoms with Crippen LogP contribution in [-0.2, 0) is 13.0 Å². The molecule has 4 nitrogen and oxygen atoms in total. The van der Waals surface area contributed by atoms with E-state index in [4.69, 9.17) is 11.6 Å². The molecule has 0 spiro atoms. The minimum Gasteiger partial charge on any atom is -0.389 e. The summed E-state index contributed by atoms with van der Waals surface area (Å²) in [4.78, 5) is 15.7. The number of fused-ring (bicyclic) bond motifs is 1. The Bertz CT molecular complexity index is 1310. The van der Waals surface area contributed by atoms with Crippen LogP contribution in [-0.4, -0.2) is 39.2 Å². The highest BCUT2D eigenvalue weighted by molar-refractivity contribution is 6.31. The third-order valence-corrected chi connectivity index (χ3v) is 7.28. The predicted octanol–water partition coefficient (Wildman–Crippen LogP) is 5.86. The summed E-state index contributed by atoms with van der Waals surface area (Å²) >= 11 is 6.35. The van der Waals surface area contributed by atoms with E-state index >= 15 is 0 Å². The molecule has 34 heavy (non-hydrogen) atoms. The van der Waals surface area contributed by atoms with Gasteiger partial charge in [-0.2, -0.15) is 0 Å². The minimum atomic E-state index is -0.780. The molecule has 5 heteroatoms. The summed E-state index contributed by atoms with van der Waals surface area (Å²) in [7, 11) is 0. The van der Waals surface area contributed by atoms with Crippen LogP contribution in [0.25, 0.3) is 10.9 Å².